The number of anilines is 1. The van der Waals surface area contributed by atoms with Crippen LogP contribution in [0.25, 0.3) is 22.3 Å². The van der Waals surface area contributed by atoms with Crippen molar-refractivity contribution in [1.82, 2.24) is 5.16 Å². The normalized spacial score (nSPS) is 11.3. The molecule has 0 spiro atoms. The van der Waals surface area contributed by atoms with Crippen molar-refractivity contribution in [2.75, 3.05) is 11.8 Å². The standard InChI is InChI=1S/C23H19BrN2O4S/c1-15-22(24)23(30-25-15)26-31(27,28)17-13-11-16(12-14-17)18-7-3-4-8-19(18)20-9-5-6-10-21(20)29-2/h3-14,26H,1-2H3. The van der Waals surface area contributed by atoms with Crippen LogP contribution in [0, 0.1) is 6.92 Å². The van der Waals surface area contributed by atoms with Crippen molar-refractivity contribution in [3.8, 4) is 28.0 Å². The molecule has 1 N–H and O–H groups in total. The van der Waals surface area contributed by atoms with Gasteiger partial charge in [-0.25, -0.2) is 13.1 Å². The number of halogens is 1. The van der Waals surface area contributed by atoms with E-state index in [1.54, 1.807) is 38.3 Å². The fourth-order valence-corrected chi connectivity index (χ4v) is 4.62. The Labute approximate surface area is 189 Å². The van der Waals surface area contributed by atoms with Crippen LogP contribution in [0.15, 0.2) is 86.7 Å². The van der Waals surface area contributed by atoms with Crippen LogP contribution in [0.1, 0.15) is 5.69 Å². The zero-order valence-corrected chi connectivity index (χ0v) is 19.2. The molecule has 0 saturated carbocycles. The smallest absolute Gasteiger partial charge is 0.264 e. The largest absolute Gasteiger partial charge is 0.496 e. The Morgan fingerprint density at radius 1 is 0.903 bits per heavy atom. The first-order valence-electron chi connectivity index (χ1n) is 9.38. The van der Waals surface area contributed by atoms with Crippen LogP contribution in [-0.4, -0.2) is 20.7 Å². The van der Waals surface area contributed by atoms with Gasteiger partial charge in [0.25, 0.3) is 15.9 Å². The molecule has 0 amide bonds. The van der Waals surface area contributed by atoms with Crippen LogP contribution in [0.2, 0.25) is 0 Å². The number of aryl methyl sites for hydroxylation is 1. The molecule has 0 fully saturated rings. The molecule has 8 heteroatoms. The molecule has 4 aromatic rings. The summed E-state index contributed by atoms with van der Waals surface area (Å²) >= 11 is 3.27. The minimum absolute atomic E-state index is 0.0445. The number of hydrogen-bond donors (Lipinski definition) is 1. The molecule has 0 atom stereocenters. The maximum Gasteiger partial charge on any atom is 0.264 e. The summed E-state index contributed by atoms with van der Waals surface area (Å²) in [5, 5.41) is 3.74. The number of rotatable bonds is 6. The number of hydrogen-bond acceptors (Lipinski definition) is 5. The Morgan fingerprint density at radius 3 is 2.13 bits per heavy atom. The quantitative estimate of drug-likeness (QED) is 0.358. The van der Waals surface area contributed by atoms with Gasteiger partial charge in [0, 0.05) is 5.56 Å². The second kappa shape index (κ2) is 8.56. The van der Waals surface area contributed by atoms with Crippen molar-refractivity contribution in [1.29, 1.82) is 0 Å². The van der Waals surface area contributed by atoms with E-state index in [1.165, 1.54) is 0 Å². The third-order valence-corrected chi connectivity index (χ3v) is 7.10. The van der Waals surface area contributed by atoms with Gasteiger partial charge >= 0.3 is 0 Å². The van der Waals surface area contributed by atoms with E-state index in [1.807, 2.05) is 48.5 Å². The van der Waals surface area contributed by atoms with Crippen molar-refractivity contribution in [2.45, 2.75) is 11.8 Å². The minimum atomic E-state index is -3.83. The van der Waals surface area contributed by atoms with Crippen LogP contribution in [0.5, 0.6) is 5.75 Å². The van der Waals surface area contributed by atoms with Gasteiger partial charge in [-0.15, -0.1) is 0 Å². The molecular weight excluding hydrogens is 480 g/mol. The first kappa shape index (κ1) is 21.1. The first-order chi connectivity index (χ1) is 14.9. The number of sulfonamides is 1. The molecule has 0 aliphatic rings. The summed E-state index contributed by atoms with van der Waals surface area (Å²) in [6.07, 6.45) is 0. The van der Waals surface area contributed by atoms with Crippen molar-refractivity contribution in [3.05, 3.63) is 83.0 Å². The third-order valence-electron chi connectivity index (χ3n) is 4.82. The number of nitrogens with one attached hydrogen (secondary N) is 1. The second-order valence-corrected chi connectivity index (χ2v) is 9.26. The lowest BCUT2D eigenvalue weighted by atomic mass is 9.94. The van der Waals surface area contributed by atoms with Crippen molar-refractivity contribution < 1.29 is 17.7 Å². The molecule has 31 heavy (non-hydrogen) atoms. The molecule has 0 unspecified atom stereocenters. The summed E-state index contributed by atoms with van der Waals surface area (Å²) in [6.45, 7) is 1.71. The number of aromatic nitrogens is 1. The lowest BCUT2D eigenvalue weighted by Gasteiger charge is -2.14. The first-order valence-corrected chi connectivity index (χ1v) is 11.7. The van der Waals surface area contributed by atoms with Crippen LogP contribution < -0.4 is 9.46 Å². The molecule has 0 saturated heterocycles. The Bertz CT molecular complexity index is 1330. The lowest BCUT2D eigenvalue weighted by molar-refractivity contribution is 0.416. The topological polar surface area (TPSA) is 81.4 Å². The lowest BCUT2D eigenvalue weighted by Crippen LogP contribution is -2.12. The molecule has 0 aliphatic heterocycles. The average molecular weight is 499 g/mol. The van der Waals surface area contributed by atoms with Crippen LogP contribution in [0.4, 0.5) is 5.88 Å². The van der Waals surface area contributed by atoms with E-state index in [9.17, 15) is 8.42 Å². The minimum Gasteiger partial charge on any atom is -0.496 e. The van der Waals surface area contributed by atoms with Crippen LogP contribution in [-0.2, 0) is 10.0 Å². The summed E-state index contributed by atoms with van der Waals surface area (Å²) < 4.78 is 38.9. The summed E-state index contributed by atoms with van der Waals surface area (Å²) in [5.74, 6) is 0.814. The highest BCUT2D eigenvalue weighted by atomic mass is 79.9. The highest BCUT2D eigenvalue weighted by Gasteiger charge is 2.20. The Balaban J connectivity index is 1.69. The summed E-state index contributed by atoms with van der Waals surface area (Å²) in [5.41, 5.74) is 4.37. The SMILES string of the molecule is COc1ccccc1-c1ccccc1-c1ccc(S(=O)(=O)Nc2onc(C)c2Br)cc1. The predicted octanol–water partition coefficient (Wildman–Crippen LogP) is 5.89. The van der Waals surface area contributed by atoms with Gasteiger partial charge < -0.3 is 9.26 Å². The molecule has 0 bridgehead atoms. The Hall–Kier alpha value is -3.10. The van der Waals surface area contributed by atoms with Crippen molar-refractivity contribution >= 4 is 31.8 Å². The van der Waals surface area contributed by atoms with E-state index < -0.39 is 10.0 Å². The number of methoxy groups -OCH3 is 1. The molecular formula is C23H19BrN2O4S. The van der Waals surface area contributed by atoms with Crippen molar-refractivity contribution in [3.63, 3.8) is 0 Å². The zero-order valence-electron chi connectivity index (χ0n) is 16.8. The van der Waals surface area contributed by atoms with E-state index in [0.29, 0.717) is 10.2 Å². The average Bonchev–Trinajstić information content (AvgIpc) is 3.11. The van der Waals surface area contributed by atoms with E-state index in [0.717, 1.165) is 28.0 Å². The summed E-state index contributed by atoms with van der Waals surface area (Å²) in [6, 6.07) is 22.4. The highest BCUT2D eigenvalue weighted by molar-refractivity contribution is 9.10. The molecule has 158 valence electrons. The molecule has 0 radical (unpaired) electrons. The van der Waals surface area contributed by atoms with E-state index in [-0.39, 0.29) is 10.8 Å². The third kappa shape index (κ3) is 4.22. The van der Waals surface area contributed by atoms with Gasteiger partial charge in [0.1, 0.15) is 10.2 Å². The van der Waals surface area contributed by atoms with Crippen LogP contribution in [0.3, 0.4) is 0 Å². The van der Waals surface area contributed by atoms with Gasteiger partial charge in [-0.3, -0.25) is 0 Å². The van der Waals surface area contributed by atoms with Gasteiger partial charge in [-0.05, 0) is 57.7 Å². The predicted molar refractivity (Wildman–Crippen MR) is 124 cm³/mol. The number of para-hydroxylation sites is 1. The number of ether oxygens (including phenoxy) is 1. The molecule has 1 aromatic heterocycles. The van der Waals surface area contributed by atoms with Gasteiger partial charge in [-0.2, -0.15) is 0 Å². The maximum absolute atomic E-state index is 12.7. The van der Waals surface area contributed by atoms with Gasteiger partial charge in [0.2, 0.25) is 0 Å². The fraction of sp³-hybridized carbons (Fsp3) is 0.0870. The van der Waals surface area contributed by atoms with Crippen molar-refractivity contribution in [2.24, 2.45) is 0 Å². The second-order valence-electron chi connectivity index (χ2n) is 6.79. The molecule has 3 aromatic carbocycles. The van der Waals surface area contributed by atoms with E-state index in [2.05, 4.69) is 25.8 Å². The highest BCUT2D eigenvalue weighted by Crippen LogP contribution is 2.37. The Kier molecular flexibility index (Phi) is 5.84. The summed E-state index contributed by atoms with van der Waals surface area (Å²) in [4.78, 5) is 0.118. The van der Waals surface area contributed by atoms with Crippen LogP contribution >= 0.6 is 15.9 Å². The summed E-state index contributed by atoms with van der Waals surface area (Å²) in [7, 11) is -2.19. The fourth-order valence-electron chi connectivity index (χ4n) is 3.25. The van der Waals surface area contributed by atoms with Gasteiger partial charge in [-0.1, -0.05) is 59.8 Å². The number of nitrogens with zero attached hydrogens (tertiary/aromatic N) is 1. The van der Waals surface area contributed by atoms with E-state index >= 15 is 0 Å². The zero-order chi connectivity index (χ0) is 22.0. The maximum atomic E-state index is 12.7. The molecule has 0 aliphatic carbocycles. The molecule has 6 nitrogen and oxygen atoms in total. The molecule has 4 rings (SSSR count). The van der Waals surface area contributed by atoms with Gasteiger partial charge in [0.15, 0.2) is 0 Å². The number of benzene rings is 3. The van der Waals surface area contributed by atoms with Gasteiger partial charge in [0.05, 0.1) is 17.7 Å². The molecule has 1 heterocycles. The monoisotopic (exact) mass is 498 g/mol. The Morgan fingerprint density at radius 2 is 1.52 bits per heavy atom. The van der Waals surface area contributed by atoms with E-state index in [4.69, 9.17) is 9.26 Å².